The van der Waals surface area contributed by atoms with Gasteiger partial charge in [0.15, 0.2) is 5.96 Å². The van der Waals surface area contributed by atoms with Crippen LogP contribution in [0.15, 0.2) is 23.2 Å². The number of carbonyl (C=O) groups excluding carboxylic acids is 1. The molecule has 140 valence electrons. The van der Waals surface area contributed by atoms with Gasteiger partial charge in [-0.25, -0.2) is 9.38 Å². The Bertz CT molecular complexity index is 750. The van der Waals surface area contributed by atoms with Gasteiger partial charge in [0.1, 0.15) is 17.1 Å². The largest absolute Gasteiger partial charge is 0.493 e. The average Bonchev–Trinajstić information content (AvgIpc) is 2.60. The summed E-state index contributed by atoms with van der Waals surface area (Å²) in [7, 11) is 1.59. The third-order valence-electron chi connectivity index (χ3n) is 5.85. The van der Waals surface area contributed by atoms with Crippen LogP contribution in [0.2, 0.25) is 0 Å². The summed E-state index contributed by atoms with van der Waals surface area (Å²) in [6.45, 7) is 1.20. The number of ether oxygens (including phenoxy) is 2. The van der Waals surface area contributed by atoms with Crippen LogP contribution >= 0.6 is 0 Å². The van der Waals surface area contributed by atoms with Gasteiger partial charge in [0.05, 0.1) is 19.1 Å². The Morgan fingerprint density at radius 2 is 2.23 bits per heavy atom. The molecule has 2 fully saturated rings. The predicted octanol–water partition coefficient (Wildman–Crippen LogP) is 2.02. The van der Waals surface area contributed by atoms with Gasteiger partial charge in [-0.3, -0.25) is 9.69 Å². The molecule has 0 radical (unpaired) electrons. The molecule has 2 atom stereocenters. The van der Waals surface area contributed by atoms with E-state index in [2.05, 4.69) is 4.99 Å². The highest BCUT2D eigenvalue weighted by Gasteiger charge is 2.52. The zero-order valence-corrected chi connectivity index (χ0v) is 14.9. The van der Waals surface area contributed by atoms with E-state index < -0.39 is 17.3 Å². The van der Waals surface area contributed by atoms with Crippen LogP contribution in [-0.4, -0.2) is 43.6 Å². The summed E-state index contributed by atoms with van der Waals surface area (Å²) in [6.07, 6.45) is 4.08. The Hall–Kier alpha value is -2.15. The number of halogens is 1. The van der Waals surface area contributed by atoms with Gasteiger partial charge >= 0.3 is 0 Å². The molecule has 0 spiro atoms. The first-order chi connectivity index (χ1) is 12.5. The molecule has 3 aliphatic rings. The molecule has 2 heterocycles. The van der Waals surface area contributed by atoms with E-state index in [4.69, 9.17) is 15.2 Å². The number of hydrogen-bond acceptors (Lipinski definition) is 5. The number of guanidine groups is 1. The third kappa shape index (κ3) is 2.74. The van der Waals surface area contributed by atoms with Crippen LogP contribution in [-0.2, 0) is 15.1 Å². The summed E-state index contributed by atoms with van der Waals surface area (Å²) < 4.78 is 26.3. The molecule has 1 aliphatic carbocycles. The van der Waals surface area contributed by atoms with Crippen LogP contribution in [0.25, 0.3) is 0 Å². The number of nitrogens with two attached hydrogens (primary N) is 1. The normalized spacial score (nSPS) is 29.0. The lowest BCUT2D eigenvalue weighted by Gasteiger charge is -2.45. The Morgan fingerprint density at radius 3 is 2.96 bits per heavy atom. The summed E-state index contributed by atoms with van der Waals surface area (Å²) in [4.78, 5) is 18.6. The lowest BCUT2D eigenvalue weighted by molar-refractivity contribution is -0.140. The van der Waals surface area contributed by atoms with Crippen molar-refractivity contribution in [2.24, 2.45) is 22.6 Å². The lowest BCUT2D eigenvalue weighted by atomic mass is 9.74. The molecule has 2 aliphatic heterocycles. The predicted molar refractivity (Wildman–Crippen MR) is 94.2 cm³/mol. The lowest BCUT2D eigenvalue weighted by Crippen LogP contribution is -2.58. The third-order valence-corrected chi connectivity index (χ3v) is 5.85. The van der Waals surface area contributed by atoms with Gasteiger partial charge in [0.2, 0.25) is 5.91 Å². The standard InChI is InChI=1S/C19H24FN3O3/c1-23-17(24)14-7-8-25-11-19(14,22-18(23)21)15-9-13(5-6-16(15)20)26-10-12-3-2-4-12/h5-6,9,12,14H,2-4,7-8,10-11H2,1H3,(H2,21,22)/t14-,19?/m0/s1. The molecular formula is C19H24FN3O3. The van der Waals surface area contributed by atoms with Crippen LogP contribution in [0, 0.1) is 17.7 Å². The molecule has 0 aromatic heterocycles. The summed E-state index contributed by atoms with van der Waals surface area (Å²) in [5, 5.41) is 0. The highest BCUT2D eigenvalue weighted by Crippen LogP contribution is 2.44. The average molecular weight is 361 g/mol. The second kappa shape index (κ2) is 6.54. The van der Waals surface area contributed by atoms with Crippen LogP contribution in [0.1, 0.15) is 31.2 Å². The topological polar surface area (TPSA) is 77.2 Å². The maximum atomic E-state index is 14.8. The van der Waals surface area contributed by atoms with E-state index >= 15 is 0 Å². The fraction of sp³-hybridized carbons (Fsp3) is 0.579. The van der Waals surface area contributed by atoms with Gasteiger partial charge in [-0.2, -0.15) is 0 Å². The van der Waals surface area contributed by atoms with Crippen molar-refractivity contribution >= 4 is 11.9 Å². The first kappa shape index (κ1) is 17.3. The molecule has 1 saturated heterocycles. The summed E-state index contributed by atoms with van der Waals surface area (Å²) in [5.74, 6) is 0.173. The molecule has 4 rings (SSSR count). The molecular weight excluding hydrogens is 337 g/mol. The number of hydrogen-bond donors (Lipinski definition) is 1. The van der Waals surface area contributed by atoms with Crippen LogP contribution < -0.4 is 10.5 Å². The van der Waals surface area contributed by atoms with Crippen molar-refractivity contribution in [2.75, 3.05) is 26.9 Å². The van der Waals surface area contributed by atoms with E-state index in [0.29, 0.717) is 36.9 Å². The molecule has 7 heteroatoms. The monoisotopic (exact) mass is 361 g/mol. The Morgan fingerprint density at radius 1 is 1.42 bits per heavy atom. The first-order valence-electron chi connectivity index (χ1n) is 9.15. The second-order valence-electron chi connectivity index (χ2n) is 7.43. The van der Waals surface area contributed by atoms with E-state index in [9.17, 15) is 9.18 Å². The van der Waals surface area contributed by atoms with Crippen molar-refractivity contribution in [1.29, 1.82) is 0 Å². The minimum atomic E-state index is -1.13. The molecule has 0 bridgehead atoms. The number of amides is 1. The van der Waals surface area contributed by atoms with Crippen molar-refractivity contribution in [3.05, 3.63) is 29.6 Å². The molecule has 6 nitrogen and oxygen atoms in total. The van der Waals surface area contributed by atoms with Gasteiger partial charge in [0, 0.05) is 19.2 Å². The Balaban J connectivity index is 1.72. The molecule has 1 aromatic rings. The Labute approximate surface area is 152 Å². The summed E-state index contributed by atoms with van der Waals surface area (Å²) in [6, 6.07) is 4.65. The van der Waals surface area contributed by atoms with Crippen molar-refractivity contribution in [3.8, 4) is 5.75 Å². The van der Waals surface area contributed by atoms with E-state index in [1.807, 2.05) is 0 Å². The van der Waals surface area contributed by atoms with Crippen LogP contribution in [0.3, 0.4) is 0 Å². The van der Waals surface area contributed by atoms with E-state index in [0.717, 1.165) is 0 Å². The maximum Gasteiger partial charge on any atom is 0.235 e. The summed E-state index contributed by atoms with van der Waals surface area (Å²) >= 11 is 0. The number of aliphatic imine (C=N–C) groups is 1. The Kier molecular flexibility index (Phi) is 4.34. The van der Waals surface area contributed by atoms with Crippen molar-refractivity contribution in [3.63, 3.8) is 0 Å². The van der Waals surface area contributed by atoms with E-state index in [1.54, 1.807) is 19.2 Å². The molecule has 2 N–H and O–H groups in total. The fourth-order valence-corrected chi connectivity index (χ4v) is 3.96. The van der Waals surface area contributed by atoms with E-state index in [-0.39, 0.29) is 18.5 Å². The zero-order chi connectivity index (χ0) is 18.3. The van der Waals surface area contributed by atoms with Crippen molar-refractivity contribution < 1.29 is 18.7 Å². The molecule has 1 amide bonds. The molecule has 26 heavy (non-hydrogen) atoms. The quantitative estimate of drug-likeness (QED) is 0.890. The number of carbonyl (C=O) groups is 1. The SMILES string of the molecule is CN1C(=O)[C@@H]2CCOCC2(c2cc(OCC3CCC3)ccc2F)N=C1N. The maximum absolute atomic E-state index is 14.8. The van der Waals surface area contributed by atoms with Crippen LogP contribution in [0.5, 0.6) is 5.75 Å². The fourth-order valence-electron chi connectivity index (χ4n) is 3.96. The van der Waals surface area contributed by atoms with Crippen molar-refractivity contribution in [2.45, 2.75) is 31.2 Å². The molecule has 1 saturated carbocycles. The van der Waals surface area contributed by atoms with Gasteiger partial charge < -0.3 is 15.2 Å². The molecule has 1 aromatic carbocycles. The van der Waals surface area contributed by atoms with Gasteiger partial charge in [0.25, 0.3) is 0 Å². The number of fused-ring (bicyclic) bond motifs is 1. The number of rotatable bonds is 4. The first-order valence-corrected chi connectivity index (χ1v) is 9.15. The van der Waals surface area contributed by atoms with Gasteiger partial charge in [-0.1, -0.05) is 6.42 Å². The second-order valence-corrected chi connectivity index (χ2v) is 7.43. The van der Waals surface area contributed by atoms with Crippen molar-refractivity contribution in [1.82, 2.24) is 4.90 Å². The van der Waals surface area contributed by atoms with E-state index in [1.165, 1.54) is 30.2 Å². The minimum Gasteiger partial charge on any atom is -0.493 e. The highest BCUT2D eigenvalue weighted by molar-refractivity contribution is 6.00. The minimum absolute atomic E-state index is 0.0805. The number of nitrogens with zero attached hydrogens (tertiary/aromatic N) is 2. The zero-order valence-electron chi connectivity index (χ0n) is 14.9. The van der Waals surface area contributed by atoms with Gasteiger partial charge in [-0.05, 0) is 43.4 Å². The molecule has 1 unspecified atom stereocenters. The van der Waals surface area contributed by atoms with Crippen LogP contribution in [0.4, 0.5) is 4.39 Å². The number of benzene rings is 1. The highest BCUT2D eigenvalue weighted by atomic mass is 19.1. The smallest absolute Gasteiger partial charge is 0.235 e. The summed E-state index contributed by atoms with van der Waals surface area (Å²) in [5.41, 5.74) is 5.14. The van der Waals surface area contributed by atoms with Gasteiger partial charge in [-0.15, -0.1) is 0 Å².